The van der Waals surface area contributed by atoms with E-state index in [4.69, 9.17) is 9.84 Å². The van der Waals surface area contributed by atoms with Crippen LogP contribution in [0.15, 0.2) is 57.7 Å². The van der Waals surface area contributed by atoms with Crippen molar-refractivity contribution in [2.45, 2.75) is 38.5 Å². The zero-order valence-corrected chi connectivity index (χ0v) is 16.6. The summed E-state index contributed by atoms with van der Waals surface area (Å²) in [7, 11) is -2.58. The van der Waals surface area contributed by atoms with Gasteiger partial charge in [-0.1, -0.05) is 32.9 Å². The van der Waals surface area contributed by atoms with E-state index in [9.17, 15) is 13.2 Å². The minimum Gasteiger partial charge on any atom is -0.480 e. The molecule has 8 heteroatoms. The van der Waals surface area contributed by atoms with Crippen LogP contribution in [-0.2, 0) is 14.8 Å². The molecule has 2 rings (SSSR count). The maximum atomic E-state index is 12.7. The number of allylic oxidation sites excluding steroid dienone is 2. The fourth-order valence-electron chi connectivity index (χ4n) is 2.55. The van der Waals surface area contributed by atoms with Crippen molar-refractivity contribution in [2.24, 2.45) is 10.4 Å². The van der Waals surface area contributed by atoms with E-state index in [1.165, 1.54) is 25.3 Å². The molecule has 0 fully saturated rings. The van der Waals surface area contributed by atoms with Crippen molar-refractivity contribution >= 4 is 21.9 Å². The summed E-state index contributed by atoms with van der Waals surface area (Å²) in [5.74, 6) is -1.05. The molecule has 0 spiro atoms. The number of carboxylic acids is 1. The number of nitrogens with zero attached hydrogens (tertiary/aromatic N) is 1. The first-order chi connectivity index (χ1) is 12.5. The van der Waals surface area contributed by atoms with Gasteiger partial charge in [-0.05, 0) is 42.0 Å². The molecule has 1 aromatic carbocycles. The number of aromatic carboxylic acids is 1. The Morgan fingerprint density at radius 1 is 1.30 bits per heavy atom. The highest BCUT2D eigenvalue weighted by Crippen LogP contribution is 2.30. The molecule has 0 saturated heterocycles. The Hall–Kier alpha value is -2.61. The van der Waals surface area contributed by atoms with Gasteiger partial charge in [0.25, 0.3) is 10.0 Å². The molecule has 0 radical (unpaired) electrons. The summed E-state index contributed by atoms with van der Waals surface area (Å²) in [6.07, 6.45) is 4.78. The van der Waals surface area contributed by atoms with E-state index in [2.05, 4.69) is 30.5 Å². The highest BCUT2D eigenvalue weighted by molar-refractivity contribution is 7.89. The lowest BCUT2D eigenvalue weighted by Gasteiger charge is -2.23. The second kappa shape index (κ2) is 7.96. The van der Waals surface area contributed by atoms with Gasteiger partial charge in [0, 0.05) is 6.20 Å². The lowest BCUT2D eigenvalue weighted by Crippen LogP contribution is -2.29. The summed E-state index contributed by atoms with van der Waals surface area (Å²) in [4.78, 5) is 15.2. The third-order valence-electron chi connectivity index (χ3n) is 4.12. The standard InChI is InChI=1S/C19H24N2O5S/c1-19(2,3)14-8-6-10-16(17(26-4)20-12-14)21-27(24,25)15-9-5-7-13(11-15)18(22)23/h5,7,9-12,21H,6,8H2,1-4H3,(H,22,23)/b14-12+,16-10?,20-17?. The number of ether oxygens (including phenoxy) is 1. The topological polar surface area (TPSA) is 105 Å². The molecule has 1 heterocycles. The number of rotatable bonds is 4. The van der Waals surface area contributed by atoms with Crippen molar-refractivity contribution < 1.29 is 23.1 Å². The maximum Gasteiger partial charge on any atom is 0.335 e. The molecule has 0 aliphatic carbocycles. The number of nitrogens with one attached hydrogen (secondary N) is 1. The largest absolute Gasteiger partial charge is 0.480 e. The van der Waals surface area contributed by atoms with Crippen LogP contribution in [0.25, 0.3) is 0 Å². The predicted octanol–water partition coefficient (Wildman–Crippen LogP) is 3.32. The molecule has 0 aromatic heterocycles. The van der Waals surface area contributed by atoms with E-state index < -0.39 is 16.0 Å². The van der Waals surface area contributed by atoms with Gasteiger partial charge in [0.2, 0.25) is 5.90 Å². The average Bonchev–Trinajstić information content (AvgIpc) is 2.56. The quantitative estimate of drug-likeness (QED) is 0.818. The molecule has 0 amide bonds. The average molecular weight is 392 g/mol. The molecule has 0 saturated carbocycles. The molecule has 27 heavy (non-hydrogen) atoms. The van der Waals surface area contributed by atoms with Crippen molar-refractivity contribution in [3.05, 3.63) is 53.4 Å². The second-order valence-electron chi connectivity index (χ2n) is 7.14. The number of carboxylic acid groups (broad SMARTS) is 1. The van der Waals surface area contributed by atoms with Crippen molar-refractivity contribution in [3.8, 4) is 0 Å². The van der Waals surface area contributed by atoms with Crippen LogP contribution >= 0.6 is 0 Å². The maximum absolute atomic E-state index is 12.7. The number of sulfonamides is 1. The monoisotopic (exact) mass is 392 g/mol. The van der Waals surface area contributed by atoms with Crippen LogP contribution in [0.4, 0.5) is 0 Å². The van der Waals surface area contributed by atoms with Gasteiger partial charge in [0.05, 0.1) is 17.6 Å². The summed E-state index contributed by atoms with van der Waals surface area (Å²) in [5, 5.41) is 9.06. The van der Waals surface area contributed by atoms with E-state index in [-0.39, 0.29) is 27.5 Å². The fraction of sp³-hybridized carbons (Fsp3) is 0.368. The van der Waals surface area contributed by atoms with E-state index >= 15 is 0 Å². The van der Waals surface area contributed by atoms with Crippen LogP contribution in [-0.4, -0.2) is 32.5 Å². The summed E-state index contributed by atoms with van der Waals surface area (Å²) in [6.45, 7) is 6.27. The van der Waals surface area contributed by atoms with Gasteiger partial charge in [-0.15, -0.1) is 0 Å². The van der Waals surface area contributed by atoms with Crippen LogP contribution in [0.5, 0.6) is 0 Å². The summed E-state index contributed by atoms with van der Waals surface area (Å²) >= 11 is 0. The van der Waals surface area contributed by atoms with Gasteiger partial charge >= 0.3 is 5.97 Å². The molecule has 1 aromatic rings. The zero-order chi connectivity index (χ0) is 20.2. The van der Waals surface area contributed by atoms with Crippen molar-refractivity contribution in [1.82, 2.24) is 4.72 Å². The molecular formula is C19H24N2O5S. The Kier molecular flexibility index (Phi) is 6.10. The first-order valence-corrected chi connectivity index (χ1v) is 9.91. The fourth-order valence-corrected chi connectivity index (χ4v) is 3.66. The Morgan fingerprint density at radius 3 is 2.59 bits per heavy atom. The van der Waals surface area contributed by atoms with Crippen LogP contribution in [0.1, 0.15) is 44.0 Å². The molecule has 1 aliphatic heterocycles. The van der Waals surface area contributed by atoms with Gasteiger partial charge in [0.1, 0.15) is 5.70 Å². The lowest BCUT2D eigenvalue weighted by molar-refractivity contribution is 0.0696. The van der Waals surface area contributed by atoms with Crippen LogP contribution in [0.2, 0.25) is 0 Å². The highest BCUT2D eigenvalue weighted by atomic mass is 32.2. The number of methoxy groups -OCH3 is 1. The van der Waals surface area contributed by atoms with Gasteiger partial charge in [0.15, 0.2) is 0 Å². The minimum atomic E-state index is -3.99. The van der Waals surface area contributed by atoms with Crippen molar-refractivity contribution in [1.29, 1.82) is 0 Å². The summed E-state index contributed by atoms with van der Waals surface area (Å²) in [5.41, 5.74) is 1.19. The molecule has 0 unspecified atom stereocenters. The molecule has 7 nitrogen and oxygen atoms in total. The summed E-state index contributed by atoms with van der Waals surface area (Å²) in [6, 6.07) is 5.15. The second-order valence-corrected chi connectivity index (χ2v) is 8.82. The number of aliphatic imine (C=N–C) groups is 1. The Balaban J connectivity index is 2.36. The van der Waals surface area contributed by atoms with Crippen LogP contribution < -0.4 is 4.72 Å². The Labute approximate surface area is 159 Å². The first-order valence-electron chi connectivity index (χ1n) is 8.42. The smallest absolute Gasteiger partial charge is 0.335 e. The van der Waals surface area contributed by atoms with Gasteiger partial charge in [-0.2, -0.15) is 0 Å². The van der Waals surface area contributed by atoms with Crippen molar-refractivity contribution in [2.75, 3.05) is 7.11 Å². The van der Waals surface area contributed by atoms with Gasteiger partial charge in [-0.3, -0.25) is 4.72 Å². The lowest BCUT2D eigenvalue weighted by atomic mass is 9.84. The van der Waals surface area contributed by atoms with Crippen LogP contribution in [0.3, 0.4) is 0 Å². The highest BCUT2D eigenvalue weighted by Gasteiger charge is 2.22. The van der Waals surface area contributed by atoms with E-state index in [0.29, 0.717) is 6.42 Å². The normalized spacial score (nSPS) is 17.6. The number of carbonyl (C=O) groups is 1. The minimum absolute atomic E-state index is 0.0511. The number of hydrogen-bond acceptors (Lipinski definition) is 5. The molecule has 146 valence electrons. The SMILES string of the molecule is COC1=N/C=C(/C(C)(C)C)CCC=C1NS(=O)(=O)c1cccc(C(=O)O)c1. The van der Waals surface area contributed by atoms with Crippen LogP contribution in [0, 0.1) is 5.41 Å². The summed E-state index contributed by atoms with van der Waals surface area (Å²) < 4.78 is 33.1. The third-order valence-corrected chi connectivity index (χ3v) is 5.49. The Bertz CT molecular complexity index is 922. The predicted molar refractivity (Wildman–Crippen MR) is 103 cm³/mol. The van der Waals surface area contributed by atoms with Gasteiger partial charge < -0.3 is 9.84 Å². The molecular weight excluding hydrogens is 368 g/mol. The molecule has 2 N–H and O–H groups in total. The number of benzene rings is 1. The zero-order valence-electron chi connectivity index (χ0n) is 15.8. The Morgan fingerprint density at radius 2 is 2.00 bits per heavy atom. The first kappa shape index (κ1) is 20.7. The third kappa shape index (κ3) is 5.19. The van der Waals surface area contributed by atoms with Gasteiger partial charge in [-0.25, -0.2) is 18.2 Å². The molecule has 0 bridgehead atoms. The van der Waals surface area contributed by atoms with E-state index in [0.717, 1.165) is 18.1 Å². The van der Waals surface area contributed by atoms with E-state index in [1.54, 1.807) is 12.3 Å². The van der Waals surface area contributed by atoms with Crippen molar-refractivity contribution in [3.63, 3.8) is 0 Å². The van der Waals surface area contributed by atoms with E-state index in [1.807, 2.05) is 0 Å². The molecule has 0 atom stereocenters. The molecule has 1 aliphatic rings. The number of hydrogen-bond donors (Lipinski definition) is 2.